The van der Waals surface area contributed by atoms with E-state index in [1.165, 1.54) is 0 Å². The van der Waals surface area contributed by atoms with E-state index in [1.54, 1.807) is 28.6 Å². The van der Waals surface area contributed by atoms with Crippen LogP contribution in [0.25, 0.3) is 0 Å². The number of ether oxygens (including phenoxy) is 1. The molecule has 1 atom stereocenters. The predicted molar refractivity (Wildman–Crippen MR) is 84.7 cm³/mol. The second-order valence-corrected chi connectivity index (χ2v) is 7.84. The Morgan fingerprint density at radius 2 is 2.19 bits per heavy atom. The Balaban J connectivity index is 1.92. The van der Waals surface area contributed by atoms with Gasteiger partial charge < -0.3 is 10.5 Å². The van der Waals surface area contributed by atoms with E-state index in [4.69, 9.17) is 10.5 Å². The summed E-state index contributed by atoms with van der Waals surface area (Å²) in [7, 11) is -3.26. The third-order valence-electron chi connectivity index (χ3n) is 3.84. The molecule has 0 spiro atoms. The van der Waals surface area contributed by atoms with Crippen molar-refractivity contribution in [2.24, 2.45) is 5.92 Å². The average Bonchev–Trinajstić information content (AvgIpc) is 2.88. The summed E-state index contributed by atoms with van der Waals surface area (Å²) in [4.78, 5) is 0. The Morgan fingerprint density at radius 1 is 1.43 bits per heavy atom. The molecule has 1 heterocycles. The standard InChI is InChI=1S/C15H24N2O3S/c1-12(2)15-7-4-8-17(15)21(18,19)10-9-20-14-6-3-5-13(16)11-14/h3,5-6,11-12,15H,4,7-10,16H2,1-2H3. The van der Waals surface area contributed by atoms with Crippen molar-refractivity contribution in [3.8, 4) is 5.75 Å². The highest BCUT2D eigenvalue weighted by Gasteiger charge is 2.35. The molecule has 21 heavy (non-hydrogen) atoms. The Kier molecular flexibility index (Phi) is 5.11. The summed E-state index contributed by atoms with van der Waals surface area (Å²) in [5.74, 6) is 0.953. The van der Waals surface area contributed by atoms with E-state index < -0.39 is 10.0 Å². The molecule has 2 N–H and O–H groups in total. The summed E-state index contributed by atoms with van der Waals surface area (Å²) in [5, 5.41) is 0. The lowest BCUT2D eigenvalue weighted by Crippen LogP contribution is -2.40. The molecule has 0 bridgehead atoms. The number of nitrogen functional groups attached to an aromatic ring is 1. The van der Waals surface area contributed by atoms with Gasteiger partial charge in [-0.1, -0.05) is 19.9 Å². The molecule has 118 valence electrons. The van der Waals surface area contributed by atoms with Crippen LogP contribution in [0, 0.1) is 5.92 Å². The molecule has 0 aromatic heterocycles. The highest BCUT2D eigenvalue weighted by molar-refractivity contribution is 7.89. The summed E-state index contributed by atoms with van der Waals surface area (Å²) in [6, 6.07) is 7.15. The molecular weight excluding hydrogens is 288 g/mol. The van der Waals surface area contributed by atoms with Gasteiger partial charge in [-0.15, -0.1) is 0 Å². The quantitative estimate of drug-likeness (QED) is 0.816. The Hall–Kier alpha value is -1.27. The van der Waals surface area contributed by atoms with E-state index in [-0.39, 0.29) is 18.4 Å². The van der Waals surface area contributed by atoms with E-state index in [1.807, 2.05) is 0 Å². The van der Waals surface area contributed by atoms with Gasteiger partial charge in [0, 0.05) is 24.3 Å². The maximum Gasteiger partial charge on any atom is 0.217 e. The van der Waals surface area contributed by atoms with Crippen LogP contribution in [-0.4, -0.2) is 37.7 Å². The van der Waals surface area contributed by atoms with Crippen LogP contribution in [0.2, 0.25) is 0 Å². The van der Waals surface area contributed by atoms with Gasteiger partial charge in [-0.3, -0.25) is 0 Å². The summed E-state index contributed by atoms with van der Waals surface area (Å²) < 4.78 is 32.0. The van der Waals surface area contributed by atoms with E-state index in [9.17, 15) is 8.42 Å². The summed E-state index contributed by atoms with van der Waals surface area (Å²) in [6.07, 6.45) is 1.89. The molecular formula is C15H24N2O3S. The first-order valence-corrected chi connectivity index (χ1v) is 8.99. The minimum atomic E-state index is -3.26. The normalized spacial score (nSPS) is 20.0. The fraction of sp³-hybridized carbons (Fsp3) is 0.600. The maximum atomic E-state index is 12.4. The highest BCUT2D eigenvalue weighted by atomic mass is 32.2. The van der Waals surface area contributed by atoms with Crippen LogP contribution in [0.1, 0.15) is 26.7 Å². The largest absolute Gasteiger partial charge is 0.492 e. The summed E-state index contributed by atoms with van der Waals surface area (Å²) in [6.45, 7) is 4.92. The van der Waals surface area contributed by atoms with E-state index in [0.29, 0.717) is 23.9 Å². The van der Waals surface area contributed by atoms with Gasteiger partial charge in [0.15, 0.2) is 0 Å². The second kappa shape index (κ2) is 6.66. The minimum Gasteiger partial charge on any atom is -0.492 e. The number of nitrogens with two attached hydrogens (primary N) is 1. The molecule has 1 aliphatic rings. The zero-order valence-electron chi connectivity index (χ0n) is 12.7. The zero-order chi connectivity index (χ0) is 15.5. The monoisotopic (exact) mass is 312 g/mol. The maximum absolute atomic E-state index is 12.4. The molecule has 1 fully saturated rings. The van der Waals surface area contributed by atoms with Crippen molar-refractivity contribution in [3.05, 3.63) is 24.3 Å². The molecule has 0 amide bonds. The fourth-order valence-corrected chi connectivity index (χ4v) is 4.46. The molecule has 1 saturated heterocycles. The van der Waals surface area contributed by atoms with Gasteiger partial charge in [0.1, 0.15) is 12.4 Å². The Bertz CT molecular complexity index is 572. The minimum absolute atomic E-state index is 0.00498. The van der Waals surface area contributed by atoms with Gasteiger partial charge in [-0.05, 0) is 30.9 Å². The van der Waals surface area contributed by atoms with E-state index in [2.05, 4.69) is 13.8 Å². The van der Waals surface area contributed by atoms with Crippen LogP contribution in [0.5, 0.6) is 5.75 Å². The van der Waals surface area contributed by atoms with Crippen LogP contribution in [0.3, 0.4) is 0 Å². The number of hydrogen-bond acceptors (Lipinski definition) is 4. The van der Waals surface area contributed by atoms with Gasteiger partial charge in [0.25, 0.3) is 0 Å². The van der Waals surface area contributed by atoms with Crippen molar-refractivity contribution in [2.45, 2.75) is 32.7 Å². The molecule has 1 aliphatic heterocycles. The number of anilines is 1. The van der Waals surface area contributed by atoms with Crippen molar-refractivity contribution >= 4 is 15.7 Å². The first-order valence-electron chi connectivity index (χ1n) is 7.38. The first-order chi connectivity index (χ1) is 9.90. The zero-order valence-corrected chi connectivity index (χ0v) is 13.5. The van der Waals surface area contributed by atoms with Crippen LogP contribution < -0.4 is 10.5 Å². The van der Waals surface area contributed by atoms with Crippen molar-refractivity contribution in [1.29, 1.82) is 0 Å². The molecule has 1 unspecified atom stereocenters. The number of benzene rings is 1. The molecule has 6 heteroatoms. The Labute approximate surface area is 127 Å². The third-order valence-corrected chi connectivity index (χ3v) is 5.69. The smallest absolute Gasteiger partial charge is 0.217 e. The number of sulfonamides is 1. The van der Waals surface area contributed by atoms with Crippen molar-refractivity contribution < 1.29 is 13.2 Å². The lowest BCUT2D eigenvalue weighted by molar-refractivity contribution is 0.304. The second-order valence-electron chi connectivity index (χ2n) is 5.80. The topological polar surface area (TPSA) is 72.6 Å². The first kappa shape index (κ1) is 16.1. The fourth-order valence-electron chi connectivity index (χ4n) is 2.76. The van der Waals surface area contributed by atoms with Crippen molar-refractivity contribution in [3.63, 3.8) is 0 Å². The molecule has 5 nitrogen and oxygen atoms in total. The van der Waals surface area contributed by atoms with Gasteiger partial charge in [-0.2, -0.15) is 4.31 Å². The molecule has 1 aromatic carbocycles. The summed E-state index contributed by atoms with van der Waals surface area (Å²) in [5.41, 5.74) is 6.27. The summed E-state index contributed by atoms with van der Waals surface area (Å²) >= 11 is 0. The van der Waals surface area contributed by atoms with Crippen molar-refractivity contribution in [2.75, 3.05) is 24.6 Å². The number of nitrogens with zero attached hydrogens (tertiary/aromatic N) is 1. The predicted octanol–water partition coefficient (Wildman–Crippen LogP) is 2.10. The molecule has 2 rings (SSSR count). The third kappa shape index (κ3) is 4.11. The van der Waals surface area contributed by atoms with Gasteiger partial charge >= 0.3 is 0 Å². The average molecular weight is 312 g/mol. The van der Waals surface area contributed by atoms with Crippen LogP contribution >= 0.6 is 0 Å². The SMILES string of the molecule is CC(C)C1CCCN1S(=O)(=O)CCOc1cccc(N)c1. The number of rotatable bonds is 6. The highest BCUT2D eigenvalue weighted by Crippen LogP contribution is 2.26. The molecule has 0 aliphatic carbocycles. The lowest BCUT2D eigenvalue weighted by atomic mass is 10.0. The molecule has 0 radical (unpaired) electrons. The van der Waals surface area contributed by atoms with Crippen LogP contribution in [0.4, 0.5) is 5.69 Å². The van der Waals surface area contributed by atoms with E-state index in [0.717, 1.165) is 12.8 Å². The molecule has 1 aromatic rings. The van der Waals surface area contributed by atoms with Crippen LogP contribution in [-0.2, 0) is 10.0 Å². The van der Waals surface area contributed by atoms with Gasteiger partial charge in [-0.25, -0.2) is 8.42 Å². The lowest BCUT2D eigenvalue weighted by Gasteiger charge is -2.26. The van der Waals surface area contributed by atoms with Crippen molar-refractivity contribution in [1.82, 2.24) is 4.31 Å². The van der Waals surface area contributed by atoms with Gasteiger partial charge in [0.2, 0.25) is 10.0 Å². The Morgan fingerprint density at radius 3 is 2.86 bits per heavy atom. The molecule has 0 saturated carbocycles. The van der Waals surface area contributed by atoms with Gasteiger partial charge in [0.05, 0.1) is 5.75 Å². The van der Waals surface area contributed by atoms with Crippen LogP contribution in [0.15, 0.2) is 24.3 Å². The van der Waals surface area contributed by atoms with E-state index >= 15 is 0 Å². The number of hydrogen-bond donors (Lipinski definition) is 1.